The number of nitrogens with two attached hydrogens (primary N) is 1. The van der Waals surface area contributed by atoms with Crippen LogP contribution in [0.5, 0.6) is 0 Å². The van der Waals surface area contributed by atoms with E-state index in [0.29, 0.717) is 19.0 Å². The quantitative estimate of drug-likeness (QED) is 0.890. The number of halogens is 1. The molecule has 1 amide bonds. The van der Waals surface area contributed by atoms with Crippen LogP contribution in [0.3, 0.4) is 0 Å². The molecule has 0 saturated carbocycles. The van der Waals surface area contributed by atoms with E-state index in [-0.39, 0.29) is 18.3 Å². The molecule has 1 atom stereocenters. The first kappa shape index (κ1) is 16.0. The zero-order chi connectivity index (χ0) is 13.0. The molecule has 0 spiro atoms. The van der Waals surface area contributed by atoms with Gasteiger partial charge in [-0.05, 0) is 61.4 Å². The molecule has 1 aromatic rings. The van der Waals surface area contributed by atoms with Crippen LogP contribution in [0.1, 0.15) is 41.3 Å². The molecule has 1 aromatic carbocycles. The van der Waals surface area contributed by atoms with Crippen LogP contribution in [0, 0.1) is 5.92 Å². The third-order valence-electron chi connectivity index (χ3n) is 3.62. The van der Waals surface area contributed by atoms with Crippen molar-refractivity contribution in [3.05, 3.63) is 34.9 Å². The van der Waals surface area contributed by atoms with Crippen LogP contribution in [0.25, 0.3) is 0 Å². The number of rotatable bonds is 4. The molecular formula is C15H23ClN2O. The second kappa shape index (κ2) is 7.51. The van der Waals surface area contributed by atoms with Gasteiger partial charge in [0.2, 0.25) is 0 Å². The van der Waals surface area contributed by atoms with E-state index in [1.165, 1.54) is 24.0 Å². The van der Waals surface area contributed by atoms with Crippen LogP contribution in [-0.4, -0.2) is 19.0 Å². The number of aryl methyl sites for hydroxylation is 2. The monoisotopic (exact) mass is 282 g/mol. The largest absolute Gasteiger partial charge is 0.352 e. The summed E-state index contributed by atoms with van der Waals surface area (Å²) in [5.41, 5.74) is 9.07. The van der Waals surface area contributed by atoms with E-state index in [9.17, 15) is 4.79 Å². The van der Waals surface area contributed by atoms with Gasteiger partial charge in [0.15, 0.2) is 0 Å². The number of carbonyl (C=O) groups excluding carboxylic acids is 1. The molecule has 0 heterocycles. The van der Waals surface area contributed by atoms with Gasteiger partial charge in [0.1, 0.15) is 0 Å². The zero-order valence-corrected chi connectivity index (χ0v) is 12.3. The van der Waals surface area contributed by atoms with Crippen molar-refractivity contribution in [1.29, 1.82) is 0 Å². The standard InChI is InChI=1S/C15H22N2O.ClH/c1-11(9-16)10-17-15(18)14-7-6-12-4-2-3-5-13(12)8-14;/h6-8,11H,2-5,9-10,16H2,1H3,(H,17,18);1H. The summed E-state index contributed by atoms with van der Waals surface area (Å²) in [7, 11) is 0. The first-order valence-electron chi connectivity index (χ1n) is 6.80. The van der Waals surface area contributed by atoms with Crippen LogP contribution >= 0.6 is 12.4 Å². The SMILES string of the molecule is CC(CN)CNC(=O)c1ccc2c(c1)CCCC2.Cl. The Kier molecular flexibility index (Phi) is 6.32. The Bertz CT molecular complexity index is 434. The highest BCUT2D eigenvalue weighted by Crippen LogP contribution is 2.22. The number of benzene rings is 1. The van der Waals surface area contributed by atoms with E-state index in [0.717, 1.165) is 18.4 Å². The molecule has 1 unspecified atom stereocenters. The van der Waals surface area contributed by atoms with Gasteiger partial charge in [-0.3, -0.25) is 4.79 Å². The van der Waals surface area contributed by atoms with Gasteiger partial charge in [-0.15, -0.1) is 12.4 Å². The fourth-order valence-corrected chi connectivity index (χ4v) is 2.33. The summed E-state index contributed by atoms with van der Waals surface area (Å²) in [5.74, 6) is 0.343. The molecule has 4 heteroatoms. The Morgan fingerprint density at radius 1 is 1.32 bits per heavy atom. The smallest absolute Gasteiger partial charge is 0.251 e. The molecule has 19 heavy (non-hydrogen) atoms. The maximum atomic E-state index is 12.0. The van der Waals surface area contributed by atoms with Crippen molar-refractivity contribution in [3.8, 4) is 0 Å². The van der Waals surface area contributed by atoms with Crippen molar-refractivity contribution in [1.82, 2.24) is 5.32 Å². The van der Waals surface area contributed by atoms with Gasteiger partial charge in [-0.1, -0.05) is 13.0 Å². The molecular weight excluding hydrogens is 260 g/mol. The summed E-state index contributed by atoms with van der Waals surface area (Å²) in [6, 6.07) is 6.10. The van der Waals surface area contributed by atoms with Gasteiger partial charge in [0, 0.05) is 12.1 Å². The van der Waals surface area contributed by atoms with Crippen LogP contribution in [-0.2, 0) is 12.8 Å². The minimum atomic E-state index is 0. The number of carbonyl (C=O) groups is 1. The van der Waals surface area contributed by atoms with Gasteiger partial charge in [-0.2, -0.15) is 0 Å². The predicted octanol–water partition coefficient (Wildman–Crippen LogP) is 2.31. The Hall–Kier alpha value is -1.06. The number of nitrogens with one attached hydrogen (secondary N) is 1. The minimum Gasteiger partial charge on any atom is -0.352 e. The van der Waals surface area contributed by atoms with Crippen molar-refractivity contribution in [2.45, 2.75) is 32.6 Å². The average Bonchev–Trinajstić information content (AvgIpc) is 2.43. The van der Waals surface area contributed by atoms with E-state index in [1.54, 1.807) is 0 Å². The summed E-state index contributed by atoms with van der Waals surface area (Å²) < 4.78 is 0. The van der Waals surface area contributed by atoms with Gasteiger partial charge in [0.25, 0.3) is 5.91 Å². The minimum absolute atomic E-state index is 0. The first-order chi connectivity index (χ1) is 8.70. The summed E-state index contributed by atoms with van der Waals surface area (Å²) in [6.45, 7) is 3.28. The van der Waals surface area contributed by atoms with E-state index in [2.05, 4.69) is 17.4 Å². The van der Waals surface area contributed by atoms with Crippen LogP contribution in [0.15, 0.2) is 18.2 Å². The summed E-state index contributed by atoms with van der Waals surface area (Å²) >= 11 is 0. The molecule has 1 aliphatic rings. The van der Waals surface area contributed by atoms with Crippen molar-refractivity contribution in [2.24, 2.45) is 11.7 Å². The van der Waals surface area contributed by atoms with Crippen molar-refractivity contribution >= 4 is 18.3 Å². The van der Waals surface area contributed by atoms with Crippen LogP contribution < -0.4 is 11.1 Å². The molecule has 0 saturated heterocycles. The highest BCUT2D eigenvalue weighted by molar-refractivity contribution is 5.94. The van der Waals surface area contributed by atoms with Gasteiger partial charge >= 0.3 is 0 Å². The second-order valence-corrected chi connectivity index (χ2v) is 5.24. The maximum absolute atomic E-state index is 12.0. The molecule has 3 nitrogen and oxygen atoms in total. The molecule has 1 aliphatic carbocycles. The fourth-order valence-electron chi connectivity index (χ4n) is 2.33. The van der Waals surface area contributed by atoms with Crippen molar-refractivity contribution < 1.29 is 4.79 Å². The number of hydrogen-bond donors (Lipinski definition) is 2. The summed E-state index contributed by atoms with van der Waals surface area (Å²) in [5, 5.41) is 2.94. The molecule has 0 bridgehead atoms. The normalized spacial score (nSPS) is 15.1. The summed E-state index contributed by atoms with van der Waals surface area (Å²) in [6.07, 6.45) is 4.77. The highest BCUT2D eigenvalue weighted by Gasteiger charge is 2.13. The summed E-state index contributed by atoms with van der Waals surface area (Å²) in [4.78, 5) is 12.0. The lowest BCUT2D eigenvalue weighted by Crippen LogP contribution is -2.31. The molecule has 2 rings (SSSR count). The van der Waals surface area contributed by atoms with E-state index < -0.39 is 0 Å². The van der Waals surface area contributed by atoms with Crippen LogP contribution in [0.4, 0.5) is 0 Å². The Balaban J connectivity index is 0.00000180. The van der Waals surface area contributed by atoms with Crippen molar-refractivity contribution in [2.75, 3.05) is 13.1 Å². The average molecular weight is 283 g/mol. The fraction of sp³-hybridized carbons (Fsp3) is 0.533. The lowest BCUT2D eigenvalue weighted by atomic mass is 9.90. The second-order valence-electron chi connectivity index (χ2n) is 5.24. The first-order valence-corrected chi connectivity index (χ1v) is 6.80. The number of fused-ring (bicyclic) bond motifs is 1. The van der Waals surface area contributed by atoms with Gasteiger partial charge < -0.3 is 11.1 Å². The van der Waals surface area contributed by atoms with Gasteiger partial charge in [0.05, 0.1) is 0 Å². The van der Waals surface area contributed by atoms with Crippen molar-refractivity contribution in [3.63, 3.8) is 0 Å². The lowest BCUT2D eigenvalue weighted by molar-refractivity contribution is 0.0948. The molecule has 0 aromatic heterocycles. The lowest BCUT2D eigenvalue weighted by Gasteiger charge is -2.17. The molecule has 0 radical (unpaired) electrons. The molecule has 3 N–H and O–H groups in total. The third-order valence-corrected chi connectivity index (χ3v) is 3.62. The highest BCUT2D eigenvalue weighted by atomic mass is 35.5. The Morgan fingerprint density at radius 2 is 2.00 bits per heavy atom. The maximum Gasteiger partial charge on any atom is 0.251 e. The predicted molar refractivity (Wildman–Crippen MR) is 80.9 cm³/mol. The van der Waals surface area contributed by atoms with E-state index >= 15 is 0 Å². The molecule has 0 fully saturated rings. The van der Waals surface area contributed by atoms with Crippen LogP contribution in [0.2, 0.25) is 0 Å². The Morgan fingerprint density at radius 3 is 2.68 bits per heavy atom. The number of hydrogen-bond acceptors (Lipinski definition) is 2. The van der Waals surface area contributed by atoms with Gasteiger partial charge in [-0.25, -0.2) is 0 Å². The zero-order valence-electron chi connectivity index (χ0n) is 11.4. The molecule has 106 valence electrons. The topological polar surface area (TPSA) is 55.1 Å². The Labute approximate surface area is 121 Å². The van der Waals surface area contributed by atoms with E-state index in [4.69, 9.17) is 5.73 Å². The number of amides is 1. The molecule has 0 aliphatic heterocycles. The third kappa shape index (κ3) is 4.22. The van der Waals surface area contributed by atoms with E-state index in [1.807, 2.05) is 13.0 Å².